The average Bonchev–Trinajstić information content (AvgIpc) is 2.56. The lowest BCUT2D eigenvalue weighted by Crippen LogP contribution is -2.18. The highest BCUT2D eigenvalue weighted by molar-refractivity contribution is 6.05. The Bertz CT molecular complexity index is 549. The summed E-state index contributed by atoms with van der Waals surface area (Å²) in [5.41, 5.74) is 4.78. The molecule has 2 rings (SSSR count). The van der Waals surface area contributed by atoms with Crippen molar-refractivity contribution in [3.05, 3.63) is 39.1 Å². The van der Waals surface area contributed by atoms with Gasteiger partial charge in [0.25, 0.3) is 0 Å². The minimum atomic E-state index is -0.523. The van der Waals surface area contributed by atoms with Gasteiger partial charge in [-0.15, -0.1) is 5.39 Å². The second-order valence-electron chi connectivity index (χ2n) is 6.03. The highest BCUT2D eigenvalue weighted by Crippen LogP contribution is 2.39. The summed E-state index contributed by atoms with van der Waals surface area (Å²) in [7, 11) is 0. The Kier molecular flexibility index (Phi) is 3.97. The van der Waals surface area contributed by atoms with E-state index >= 15 is 0 Å². The van der Waals surface area contributed by atoms with E-state index in [0.717, 1.165) is 34.2 Å². The third kappa shape index (κ3) is 2.62. The molecular formula is C15H20NO4-. The molecule has 1 aromatic carbocycles. The van der Waals surface area contributed by atoms with Crippen LogP contribution in [0.1, 0.15) is 46.5 Å². The van der Waals surface area contributed by atoms with Crippen LogP contribution >= 0.6 is 0 Å². The molecule has 5 nitrogen and oxygen atoms in total. The zero-order valence-corrected chi connectivity index (χ0v) is 12.3. The molecule has 110 valence electrons. The molecule has 0 amide bonds. The van der Waals surface area contributed by atoms with Gasteiger partial charge in [0.2, 0.25) is 0 Å². The van der Waals surface area contributed by atoms with Crippen molar-refractivity contribution in [3.8, 4) is 0 Å². The van der Waals surface area contributed by atoms with Gasteiger partial charge in [-0.05, 0) is 55.0 Å². The van der Waals surface area contributed by atoms with E-state index in [1.54, 1.807) is 0 Å². The Morgan fingerprint density at radius 1 is 1.45 bits per heavy atom. The highest BCUT2D eigenvalue weighted by atomic mass is 17.1. The first kappa shape index (κ1) is 15.1. The predicted octanol–water partition coefficient (Wildman–Crippen LogP) is 2.73. The van der Waals surface area contributed by atoms with Crippen molar-refractivity contribution in [2.75, 3.05) is 6.61 Å². The van der Waals surface area contributed by atoms with Crippen LogP contribution in [0, 0.1) is 24.5 Å². The van der Waals surface area contributed by atoms with Crippen LogP contribution in [0.25, 0.3) is 0 Å². The number of benzene rings is 1. The molecule has 0 atom stereocenters. The molecule has 0 saturated carbocycles. The maximum atomic E-state index is 12.3. The van der Waals surface area contributed by atoms with Gasteiger partial charge in [0.15, 0.2) is 5.78 Å². The van der Waals surface area contributed by atoms with Crippen LogP contribution in [0.2, 0.25) is 0 Å². The van der Waals surface area contributed by atoms with Crippen molar-refractivity contribution in [2.24, 2.45) is 5.41 Å². The fraction of sp³-hybridized carbons (Fsp3) is 0.533. The molecule has 1 aromatic rings. The molecule has 5 heteroatoms. The summed E-state index contributed by atoms with van der Waals surface area (Å²) in [5, 5.41) is 18.2. The van der Waals surface area contributed by atoms with Crippen molar-refractivity contribution >= 4 is 5.78 Å². The molecule has 0 spiro atoms. The van der Waals surface area contributed by atoms with E-state index in [9.17, 15) is 10.0 Å². The molecule has 0 bridgehead atoms. The normalized spacial score (nSPS) is 16.9. The minimum absolute atomic E-state index is 0.109. The Hall–Kier alpha value is -1.27. The van der Waals surface area contributed by atoms with Crippen LogP contribution in [0.15, 0.2) is 6.07 Å². The van der Waals surface area contributed by atoms with Crippen molar-refractivity contribution in [1.82, 2.24) is 5.39 Å². The summed E-state index contributed by atoms with van der Waals surface area (Å²) >= 11 is 0. The fourth-order valence-corrected chi connectivity index (χ4v) is 3.00. The monoisotopic (exact) mass is 278 g/mol. The molecule has 0 unspecified atom stereocenters. The standard InChI is InChI=1S/C15H20NO4/c1-9-7-12-13(8-15(3,4)14(12)17)10(2)11(9)5-6-20-16(18)19/h7,18H,5-6,8H2,1-4H3/q-1. The number of carbonyl (C=O) groups excluding carboxylic acids is 1. The van der Waals surface area contributed by atoms with Crippen LogP contribution in [0.5, 0.6) is 0 Å². The Morgan fingerprint density at radius 3 is 2.70 bits per heavy atom. The lowest BCUT2D eigenvalue weighted by atomic mass is 9.88. The smallest absolute Gasteiger partial charge is 0.169 e. The number of hydrogen-bond donors (Lipinski definition) is 1. The summed E-state index contributed by atoms with van der Waals surface area (Å²) in [6, 6.07) is 1.93. The summed E-state index contributed by atoms with van der Waals surface area (Å²) in [6.45, 7) is 8.00. The third-order valence-electron chi connectivity index (χ3n) is 4.10. The number of aryl methyl sites for hydroxylation is 1. The predicted molar refractivity (Wildman–Crippen MR) is 74.4 cm³/mol. The number of Topliss-reactive ketones (excluding diaryl/α,β-unsaturated/α-hetero) is 1. The number of hydrogen-bond acceptors (Lipinski definition) is 5. The van der Waals surface area contributed by atoms with Gasteiger partial charge in [-0.2, -0.15) is 0 Å². The topological polar surface area (TPSA) is 72.8 Å². The number of ketones is 1. The Labute approximate surface area is 118 Å². The van der Waals surface area contributed by atoms with E-state index in [-0.39, 0.29) is 17.8 Å². The fourth-order valence-electron chi connectivity index (χ4n) is 3.00. The van der Waals surface area contributed by atoms with E-state index < -0.39 is 5.39 Å². The highest BCUT2D eigenvalue weighted by Gasteiger charge is 2.38. The van der Waals surface area contributed by atoms with Gasteiger partial charge in [0.1, 0.15) is 0 Å². The van der Waals surface area contributed by atoms with Crippen molar-refractivity contribution < 1.29 is 14.8 Å². The maximum Gasteiger partial charge on any atom is 0.169 e. The molecule has 0 radical (unpaired) electrons. The van der Waals surface area contributed by atoms with Crippen LogP contribution in [0.4, 0.5) is 0 Å². The molecule has 0 heterocycles. The first-order valence-electron chi connectivity index (χ1n) is 6.70. The Balaban J connectivity index is 2.32. The molecule has 0 aliphatic heterocycles. The lowest BCUT2D eigenvalue weighted by molar-refractivity contribution is -0.304. The van der Waals surface area contributed by atoms with Crippen molar-refractivity contribution in [2.45, 2.75) is 40.5 Å². The summed E-state index contributed by atoms with van der Waals surface area (Å²) in [5.74, 6) is 0.197. The third-order valence-corrected chi connectivity index (χ3v) is 4.10. The quantitative estimate of drug-likeness (QED) is 0.857. The van der Waals surface area contributed by atoms with E-state index in [4.69, 9.17) is 5.21 Å². The summed E-state index contributed by atoms with van der Waals surface area (Å²) in [4.78, 5) is 16.8. The van der Waals surface area contributed by atoms with Gasteiger partial charge >= 0.3 is 0 Å². The van der Waals surface area contributed by atoms with Gasteiger partial charge in [-0.25, -0.2) is 0 Å². The van der Waals surface area contributed by atoms with E-state index in [2.05, 4.69) is 4.84 Å². The van der Waals surface area contributed by atoms with E-state index in [1.165, 1.54) is 0 Å². The van der Waals surface area contributed by atoms with Crippen LogP contribution in [-0.4, -0.2) is 23.0 Å². The summed E-state index contributed by atoms with van der Waals surface area (Å²) < 4.78 is 0. The molecule has 20 heavy (non-hydrogen) atoms. The molecule has 0 aromatic heterocycles. The Morgan fingerprint density at radius 2 is 2.10 bits per heavy atom. The molecule has 1 aliphatic rings. The van der Waals surface area contributed by atoms with Crippen molar-refractivity contribution in [3.63, 3.8) is 0 Å². The molecule has 0 fully saturated rings. The molecule has 1 N–H and O–H groups in total. The van der Waals surface area contributed by atoms with Gasteiger partial charge in [-0.1, -0.05) is 13.8 Å². The molecule has 1 aliphatic carbocycles. The first-order valence-corrected chi connectivity index (χ1v) is 6.70. The average molecular weight is 278 g/mol. The van der Waals surface area contributed by atoms with E-state index in [0.29, 0.717) is 6.42 Å². The second-order valence-corrected chi connectivity index (χ2v) is 6.03. The first-order chi connectivity index (χ1) is 9.24. The van der Waals surface area contributed by atoms with Gasteiger partial charge < -0.3 is 10.4 Å². The minimum Gasteiger partial charge on any atom is -0.738 e. The van der Waals surface area contributed by atoms with Crippen LogP contribution in [-0.2, 0) is 17.7 Å². The SMILES string of the molecule is Cc1cc2c(c(C)c1CCON([O-])O)CC(C)(C)C2=O. The number of nitrogens with zero attached hydrogens (tertiary/aromatic N) is 1. The van der Waals surface area contributed by atoms with Crippen LogP contribution < -0.4 is 0 Å². The summed E-state index contributed by atoms with van der Waals surface area (Å²) in [6.07, 6.45) is 1.27. The number of rotatable bonds is 4. The number of fused-ring (bicyclic) bond motifs is 1. The molecular weight excluding hydrogens is 258 g/mol. The molecule has 0 saturated heterocycles. The zero-order chi connectivity index (χ0) is 15.1. The van der Waals surface area contributed by atoms with Crippen molar-refractivity contribution in [1.29, 1.82) is 0 Å². The maximum absolute atomic E-state index is 12.3. The van der Waals surface area contributed by atoms with Gasteiger partial charge in [-0.3, -0.25) is 9.63 Å². The van der Waals surface area contributed by atoms with Crippen LogP contribution in [0.3, 0.4) is 0 Å². The van der Waals surface area contributed by atoms with E-state index in [1.807, 2.05) is 33.8 Å². The zero-order valence-electron chi connectivity index (χ0n) is 12.3. The largest absolute Gasteiger partial charge is 0.738 e. The van der Waals surface area contributed by atoms with Gasteiger partial charge in [0, 0.05) is 11.0 Å². The van der Waals surface area contributed by atoms with Gasteiger partial charge in [0.05, 0.1) is 6.61 Å². The second kappa shape index (κ2) is 5.26. The lowest BCUT2D eigenvalue weighted by Gasteiger charge is -2.19. The number of carbonyl (C=O) groups is 1.